The van der Waals surface area contributed by atoms with Crippen LogP contribution in [-0.2, 0) is 16.2 Å². The fourth-order valence-electron chi connectivity index (χ4n) is 2.45. The Morgan fingerprint density at radius 1 is 1.43 bits per heavy atom. The van der Waals surface area contributed by atoms with E-state index in [1.165, 1.54) is 0 Å². The summed E-state index contributed by atoms with van der Waals surface area (Å²) < 4.78 is 37.1. The number of nitrogens with one attached hydrogen (secondary N) is 1. The summed E-state index contributed by atoms with van der Waals surface area (Å²) in [6.45, 7) is -0.0193. The van der Waals surface area contributed by atoms with Crippen LogP contribution >= 0.6 is 0 Å². The molecule has 8 heteroatoms. The van der Waals surface area contributed by atoms with Crippen LogP contribution in [0.4, 0.5) is 18.9 Å². The van der Waals surface area contributed by atoms with Crippen molar-refractivity contribution in [3.8, 4) is 0 Å². The second kappa shape index (κ2) is 6.57. The summed E-state index contributed by atoms with van der Waals surface area (Å²) in [6, 6.07) is 5.02. The van der Waals surface area contributed by atoms with Crippen molar-refractivity contribution in [1.29, 1.82) is 0 Å². The maximum atomic E-state index is 12.4. The molecule has 2 N–H and O–H groups in total. The number of nitrogens with zero attached hydrogens (tertiary/aromatic N) is 1. The molecule has 1 fully saturated rings. The van der Waals surface area contributed by atoms with Crippen LogP contribution in [0.15, 0.2) is 18.2 Å². The van der Waals surface area contributed by atoms with Gasteiger partial charge in [0.05, 0.1) is 12.5 Å². The van der Waals surface area contributed by atoms with Gasteiger partial charge in [0.25, 0.3) is 0 Å². The molecule has 1 unspecified atom stereocenters. The number of amides is 2. The van der Waals surface area contributed by atoms with Crippen LogP contribution in [0.3, 0.4) is 0 Å². The highest BCUT2D eigenvalue weighted by Crippen LogP contribution is 2.25. The summed E-state index contributed by atoms with van der Waals surface area (Å²) in [4.78, 5) is 24.4. The van der Waals surface area contributed by atoms with Crippen LogP contribution in [0.25, 0.3) is 0 Å². The molecule has 0 aromatic heterocycles. The summed E-state index contributed by atoms with van der Waals surface area (Å²) in [5, 5.41) is 11.7. The number of aliphatic hydroxyl groups excluding tert-OH is 1. The third kappa shape index (κ3) is 4.44. The number of likely N-dealkylation sites (tertiary alicyclic amines) is 1. The van der Waals surface area contributed by atoms with Crippen LogP contribution < -0.4 is 5.32 Å². The van der Waals surface area contributed by atoms with E-state index in [1.54, 1.807) is 25.1 Å². The lowest BCUT2D eigenvalue weighted by Gasteiger charge is -2.18. The van der Waals surface area contributed by atoms with Crippen molar-refractivity contribution in [2.45, 2.75) is 26.1 Å². The monoisotopic (exact) mass is 330 g/mol. The van der Waals surface area contributed by atoms with Gasteiger partial charge in [0.15, 0.2) is 0 Å². The molecule has 0 saturated carbocycles. The molecule has 0 spiro atoms. The van der Waals surface area contributed by atoms with Gasteiger partial charge >= 0.3 is 6.18 Å². The number of hydrogen-bond acceptors (Lipinski definition) is 3. The first-order valence-corrected chi connectivity index (χ1v) is 7.05. The number of halogens is 3. The molecule has 0 bridgehead atoms. The first-order valence-electron chi connectivity index (χ1n) is 7.05. The number of benzene rings is 1. The highest BCUT2D eigenvalue weighted by atomic mass is 19.4. The number of alkyl halides is 3. The fraction of sp³-hybridized carbons (Fsp3) is 0.467. The van der Waals surface area contributed by atoms with Gasteiger partial charge in [-0.3, -0.25) is 9.59 Å². The zero-order valence-corrected chi connectivity index (χ0v) is 12.5. The van der Waals surface area contributed by atoms with E-state index in [1.807, 2.05) is 0 Å². The van der Waals surface area contributed by atoms with Crippen molar-refractivity contribution in [2.24, 2.45) is 5.92 Å². The minimum atomic E-state index is -4.48. The number of rotatable bonds is 4. The third-order valence-electron chi connectivity index (χ3n) is 3.70. The Bertz CT molecular complexity index is 616. The van der Waals surface area contributed by atoms with Gasteiger partial charge in [0.2, 0.25) is 11.8 Å². The third-order valence-corrected chi connectivity index (χ3v) is 3.70. The zero-order chi connectivity index (χ0) is 17.2. The standard InChI is InChI=1S/C15H17F3N2O3/c1-9-2-3-10(7-21)4-12(9)19-14(23)11-5-13(22)20(6-11)8-15(16,17)18/h2-4,11,21H,5-8H2,1H3,(H,19,23). The Morgan fingerprint density at radius 2 is 2.13 bits per heavy atom. The summed E-state index contributed by atoms with van der Waals surface area (Å²) in [5.41, 5.74) is 1.84. The highest BCUT2D eigenvalue weighted by Gasteiger charge is 2.40. The predicted molar refractivity (Wildman–Crippen MR) is 76.5 cm³/mol. The lowest BCUT2D eigenvalue weighted by molar-refractivity contribution is -0.157. The number of carbonyl (C=O) groups excluding carboxylic acids is 2. The SMILES string of the molecule is Cc1ccc(CO)cc1NC(=O)C1CC(=O)N(CC(F)(F)F)C1. The molecule has 1 heterocycles. The summed E-state index contributed by atoms with van der Waals surface area (Å²) >= 11 is 0. The van der Waals surface area contributed by atoms with E-state index in [9.17, 15) is 22.8 Å². The van der Waals surface area contributed by atoms with Gasteiger partial charge in [0, 0.05) is 18.7 Å². The lowest BCUT2D eigenvalue weighted by Crippen LogP contribution is -2.36. The predicted octanol–water partition coefficient (Wildman–Crippen LogP) is 1.84. The molecule has 1 aliphatic heterocycles. The van der Waals surface area contributed by atoms with E-state index in [0.717, 1.165) is 5.56 Å². The topological polar surface area (TPSA) is 69.6 Å². The molecule has 1 aromatic carbocycles. The Kier molecular flexibility index (Phi) is 4.93. The number of anilines is 1. The van der Waals surface area contributed by atoms with Crippen LogP contribution in [0.1, 0.15) is 17.5 Å². The minimum absolute atomic E-state index is 0.190. The molecule has 1 atom stereocenters. The smallest absolute Gasteiger partial charge is 0.392 e. The van der Waals surface area contributed by atoms with Crippen molar-refractivity contribution in [3.05, 3.63) is 29.3 Å². The fourth-order valence-corrected chi connectivity index (χ4v) is 2.45. The van der Waals surface area contributed by atoms with Crippen LogP contribution in [0.2, 0.25) is 0 Å². The molecule has 1 aliphatic rings. The molecule has 0 aliphatic carbocycles. The lowest BCUT2D eigenvalue weighted by atomic mass is 10.1. The highest BCUT2D eigenvalue weighted by molar-refractivity contribution is 5.97. The number of hydrogen-bond donors (Lipinski definition) is 2. The van der Waals surface area contributed by atoms with E-state index in [2.05, 4.69) is 5.32 Å². The van der Waals surface area contributed by atoms with Crippen LogP contribution in [0, 0.1) is 12.8 Å². The normalized spacial score (nSPS) is 18.4. The molecular weight excluding hydrogens is 313 g/mol. The number of carbonyl (C=O) groups is 2. The van der Waals surface area contributed by atoms with Crippen molar-refractivity contribution < 1.29 is 27.9 Å². The van der Waals surface area contributed by atoms with Gasteiger partial charge in [-0.05, 0) is 24.1 Å². The first kappa shape index (κ1) is 17.3. The van der Waals surface area contributed by atoms with Gasteiger partial charge in [-0.1, -0.05) is 12.1 Å². The maximum absolute atomic E-state index is 12.4. The molecule has 2 rings (SSSR count). The Morgan fingerprint density at radius 3 is 2.74 bits per heavy atom. The molecule has 23 heavy (non-hydrogen) atoms. The average Bonchev–Trinajstić information content (AvgIpc) is 2.80. The Hall–Kier alpha value is -2.09. The largest absolute Gasteiger partial charge is 0.406 e. The van der Waals surface area contributed by atoms with E-state index >= 15 is 0 Å². The summed E-state index contributed by atoms with van der Waals surface area (Å²) in [5.74, 6) is -1.99. The van der Waals surface area contributed by atoms with Gasteiger partial charge in [-0.15, -0.1) is 0 Å². The van der Waals surface area contributed by atoms with Crippen LogP contribution in [0.5, 0.6) is 0 Å². The second-order valence-corrected chi connectivity index (χ2v) is 5.59. The van der Waals surface area contributed by atoms with Gasteiger partial charge < -0.3 is 15.3 Å². The van der Waals surface area contributed by atoms with E-state index in [4.69, 9.17) is 5.11 Å². The zero-order valence-electron chi connectivity index (χ0n) is 12.5. The van der Waals surface area contributed by atoms with Crippen molar-refractivity contribution in [3.63, 3.8) is 0 Å². The molecule has 126 valence electrons. The number of aryl methyl sites for hydroxylation is 1. The summed E-state index contributed by atoms with van der Waals surface area (Å²) in [7, 11) is 0. The van der Waals surface area contributed by atoms with E-state index < -0.39 is 30.5 Å². The Labute approximate surface area is 131 Å². The van der Waals surface area contributed by atoms with Gasteiger partial charge in [-0.25, -0.2) is 0 Å². The van der Waals surface area contributed by atoms with Gasteiger partial charge in [-0.2, -0.15) is 13.2 Å². The second-order valence-electron chi connectivity index (χ2n) is 5.59. The quantitative estimate of drug-likeness (QED) is 0.885. The van der Waals surface area contributed by atoms with E-state index in [-0.39, 0.29) is 19.6 Å². The van der Waals surface area contributed by atoms with Crippen molar-refractivity contribution in [1.82, 2.24) is 4.90 Å². The molecule has 2 amide bonds. The van der Waals surface area contributed by atoms with Gasteiger partial charge in [0.1, 0.15) is 6.54 Å². The van der Waals surface area contributed by atoms with Crippen molar-refractivity contribution in [2.75, 3.05) is 18.4 Å². The molecular formula is C15H17F3N2O3. The van der Waals surface area contributed by atoms with Crippen LogP contribution in [-0.4, -0.2) is 41.1 Å². The molecule has 1 saturated heterocycles. The molecule has 5 nitrogen and oxygen atoms in total. The maximum Gasteiger partial charge on any atom is 0.406 e. The molecule has 1 aromatic rings. The Balaban J connectivity index is 2.03. The first-order chi connectivity index (χ1) is 10.7. The number of aliphatic hydroxyl groups is 1. The van der Waals surface area contributed by atoms with Crippen molar-refractivity contribution >= 4 is 17.5 Å². The summed E-state index contributed by atoms with van der Waals surface area (Å²) in [6.07, 6.45) is -4.71. The average molecular weight is 330 g/mol. The molecule has 0 radical (unpaired) electrons. The minimum Gasteiger partial charge on any atom is -0.392 e. The van der Waals surface area contributed by atoms with E-state index in [0.29, 0.717) is 16.2 Å².